The monoisotopic (exact) mass is 407 g/mol. The molecule has 2 aromatic rings. The minimum atomic E-state index is -3.88. The Morgan fingerprint density at radius 1 is 1.16 bits per heavy atom. The minimum Gasteiger partial charge on any atom is -0.411 e. The van der Waals surface area contributed by atoms with Crippen LogP contribution in [-0.2, 0) is 32.2 Å². The van der Waals surface area contributed by atoms with E-state index in [0.717, 1.165) is 6.42 Å². The van der Waals surface area contributed by atoms with E-state index in [0.29, 0.717) is 17.0 Å². The summed E-state index contributed by atoms with van der Waals surface area (Å²) in [4.78, 5) is 0. The number of hydrogen-bond acceptors (Lipinski definition) is 7. The van der Waals surface area contributed by atoms with E-state index in [-0.39, 0.29) is 18.2 Å². The van der Waals surface area contributed by atoms with Gasteiger partial charge in [-0.25, -0.2) is 21.6 Å². The van der Waals surface area contributed by atoms with Crippen molar-refractivity contribution in [1.29, 1.82) is 0 Å². The van der Waals surface area contributed by atoms with Crippen LogP contribution in [0.4, 0.5) is 0 Å². The molecule has 0 saturated carbocycles. The molecule has 0 aliphatic heterocycles. The van der Waals surface area contributed by atoms with E-state index < -0.39 is 30.8 Å². The predicted octanol–water partition coefficient (Wildman–Crippen LogP) is 1.92. The van der Waals surface area contributed by atoms with Crippen molar-refractivity contribution in [3.8, 4) is 0 Å². The summed E-state index contributed by atoms with van der Waals surface area (Å²) in [5.41, 5.74) is 0.407. The minimum absolute atomic E-state index is 0.0186. The fraction of sp³-hybridized carbons (Fsp3) is 0.429. The molecule has 0 bridgehead atoms. The van der Waals surface area contributed by atoms with E-state index in [1.54, 1.807) is 24.3 Å². The van der Waals surface area contributed by atoms with Crippen molar-refractivity contribution in [1.82, 2.24) is 14.9 Å². The van der Waals surface area contributed by atoms with Gasteiger partial charge in [0.1, 0.15) is 0 Å². The van der Waals surface area contributed by atoms with Gasteiger partial charge >= 0.3 is 5.22 Å². The van der Waals surface area contributed by atoms with Crippen molar-refractivity contribution in [2.75, 3.05) is 5.75 Å². The quantitative estimate of drug-likeness (QED) is 0.674. The summed E-state index contributed by atoms with van der Waals surface area (Å²) in [7, 11) is -7.35. The van der Waals surface area contributed by atoms with Gasteiger partial charge in [-0.1, -0.05) is 48.2 Å². The van der Waals surface area contributed by atoms with Gasteiger partial charge in [0.05, 0.1) is 18.1 Å². The number of aromatic nitrogens is 2. The van der Waals surface area contributed by atoms with E-state index in [2.05, 4.69) is 14.9 Å². The Kier molecular flexibility index (Phi) is 6.55. The highest BCUT2D eigenvalue weighted by Gasteiger charge is 2.24. The number of halogens is 1. The summed E-state index contributed by atoms with van der Waals surface area (Å²) in [6.45, 7) is 1.62. The van der Waals surface area contributed by atoms with Gasteiger partial charge in [0.25, 0.3) is 0 Å². The van der Waals surface area contributed by atoms with Crippen LogP contribution in [0.3, 0.4) is 0 Å². The number of hydrogen-bond donors (Lipinski definition) is 1. The molecule has 8 nitrogen and oxygen atoms in total. The number of sulfone groups is 1. The van der Waals surface area contributed by atoms with Crippen LogP contribution in [0, 0.1) is 0 Å². The first-order valence-corrected chi connectivity index (χ1v) is 11.2. The molecule has 1 heterocycles. The molecule has 0 saturated heterocycles. The zero-order valence-electron chi connectivity index (χ0n) is 13.5. The first-order chi connectivity index (χ1) is 11.7. The molecule has 11 heteroatoms. The Hall–Kier alpha value is -1.49. The maximum absolute atomic E-state index is 12.3. The maximum Gasteiger partial charge on any atom is 0.335 e. The smallest absolute Gasteiger partial charge is 0.335 e. The SMILES string of the molecule is CCCCS(=O)(=O)NCc1nnc(S(=O)(=O)Cc2ccccc2Cl)o1. The number of nitrogens with one attached hydrogen (secondary N) is 1. The van der Waals surface area contributed by atoms with Crippen molar-refractivity contribution < 1.29 is 21.3 Å². The van der Waals surface area contributed by atoms with Crippen molar-refractivity contribution >= 4 is 31.5 Å². The summed E-state index contributed by atoms with van der Waals surface area (Å²) >= 11 is 5.96. The van der Waals surface area contributed by atoms with E-state index in [4.69, 9.17) is 16.0 Å². The Labute approximate surface area is 151 Å². The van der Waals surface area contributed by atoms with Gasteiger partial charge in [-0.15, -0.1) is 5.10 Å². The third-order valence-corrected chi connectivity index (χ3v) is 6.39. The first-order valence-electron chi connectivity index (χ1n) is 7.49. The number of benzene rings is 1. The van der Waals surface area contributed by atoms with E-state index >= 15 is 0 Å². The topological polar surface area (TPSA) is 119 Å². The lowest BCUT2D eigenvalue weighted by Crippen LogP contribution is -2.26. The third kappa shape index (κ3) is 5.77. The van der Waals surface area contributed by atoms with Gasteiger partial charge in [0.15, 0.2) is 0 Å². The molecule has 25 heavy (non-hydrogen) atoms. The van der Waals surface area contributed by atoms with Crippen LogP contribution in [0.5, 0.6) is 0 Å². The molecular weight excluding hydrogens is 390 g/mol. The molecular formula is C14H18ClN3O5S2. The second-order valence-corrected chi connectivity index (χ2v) is 9.51. The molecule has 1 aromatic carbocycles. The van der Waals surface area contributed by atoms with Crippen molar-refractivity contribution in [2.24, 2.45) is 0 Å². The van der Waals surface area contributed by atoms with Gasteiger partial charge < -0.3 is 4.42 Å². The maximum atomic E-state index is 12.3. The summed E-state index contributed by atoms with van der Waals surface area (Å²) in [6.07, 6.45) is 1.27. The van der Waals surface area contributed by atoms with Crippen LogP contribution in [-0.4, -0.2) is 32.8 Å². The molecule has 0 unspecified atom stereocenters. The Morgan fingerprint density at radius 3 is 2.56 bits per heavy atom. The molecule has 138 valence electrons. The largest absolute Gasteiger partial charge is 0.411 e. The predicted molar refractivity (Wildman–Crippen MR) is 92.2 cm³/mol. The number of nitrogens with zero attached hydrogens (tertiary/aromatic N) is 2. The van der Waals surface area contributed by atoms with E-state index in [1.807, 2.05) is 6.92 Å². The van der Waals surface area contributed by atoms with Crippen LogP contribution in [0.1, 0.15) is 31.2 Å². The highest BCUT2D eigenvalue weighted by molar-refractivity contribution is 7.90. The molecule has 0 aliphatic rings. The van der Waals surface area contributed by atoms with E-state index in [9.17, 15) is 16.8 Å². The highest BCUT2D eigenvalue weighted by Crippen LogP contribution is 2.21. The van der Waals surface area contributed by atoms with Gasteiger partial charge in [0.2, 0.25) is 25.8 Å². The molecule has 0 radical (unpaired) electrons. The fourth-order valence-electron chi connectivity index (χ4n) is 1.90. The normalized spacial score (nSPS) is 12.4. The molecule has 2 rings (SSSR count). The standard InChI is InChI=1S/C14H18ClN3O5S2/c1-2-3-8-25(21,22)16-9-13-17-18-14(23-13)24(19,20)10-11-6-4-5-7-12(11)15/h4-7,16H,2-3,8-10H2,1H3. The third-order valence-electron chi connectivity index (χ3n) is 3.23. The van der Waals surface area contributed by atoms with Crippen LogP contribution < -0.4 is 4.72 Å². The van der Waals surface area contributed by atoms with E-state index in [1.165, 1.54) is 0 Å². The van der Waals surface area contributed by atoms with Gasteiger partial charge in [-0.2, -0.15) is 0 Å². The Bertz CT molecular complexity index is 925. The Balaban J connectivity index is 2.06. The summed E-state index contributed by atoms with van der Waals surface area (Å²) in [5.74, 6) is -0.538. The molecule has 0 fully saturated rings. The zero-order chi connectivity index (χ0) is 18.5. The average Bonchev–Trinajstić information content (AvgIpc) is 3.03. The molecule has 0 aliphatic carbocycles. The molecule has 0 spiro atoms. The van der Waals surface area contributed by atoms with Crippen molar-refractivity contribution in [3.63, 3.8) is 0 Å². The highest BCUT2D eigenvalue weighted by atomic mass is 35.5. The number of unbranched alkanes of at least 4 members (excludes halogenated alkanes) is 1. The average molecular weight is 408 g/mol. The molecule has 0 amide bonds. The lowest BCUT2D eigenvalue weighted by atomic mass is 10.2. The zero-order valence-corrected chi connectivity index (χ0v) is 15.9. The van der Waals surface area contributed by atoms with Crippen LogP contribution in [0.25, 0.3) is 0 Å². The number of rotatable bonds is 9. The molecule has 1 aromatic heterocycles. The lowest BCUT2D eigenvalue weighted by Gasteiger charge is -2.03. The fourth-order valence-corrected chi connectivity index (χ4v) is 4.51. The van der Waals surface area contributed by atoms with Gasteiger partial charge in [-0.05, 0) is 18.1 Å². The van der Waals surface area contributed by atoms with Gasteiger partial charge in [-0.3, -0.25) is 0 Å². The van der Waals surface area contributed by atoms with Gasteiger partial charge in [0, 0.05) is 5.02 Å². The summed E-state index contributed by atoms with van der Waals surface area (Å²) in [6, 6.07) is 6.52. The second-order valence-electron chi connectivity index (χ2n) is 5.31. The first kappa shape index (κ1) is 19.8. The second kappa shape index (κ2) is 8.26. The summed E-state index contributed by atoms with van der Waals surface area (Å²) < 4.78 is 55.4. The molecule has 0 atom stereocenters. The van der Waals surface area contributed by atoms with Crippen molar-refractivity contribution in [2.45, 2.75) is 37.3 Å². The number of sulfonamides is 1. The summed E-state index contributed by atoms with van der Waals surface area (Å²) in [5, 5.41) is 6.81. The van der Waals surface area contributed by atoms with Crippen LogP contribution in [0.15, 0.2) is 33.9 Å². The lowest BCUT2D eigenvalue weighted by molar-refractivity contribution is 0.393. The molecule has 1 N–H and O–H groups in total. The Morgan fingerprint density at radius 2 is 1.88 bits per heavy atom. The van der Waals surface area contributed by atoms with Crippen molar-refractivity contribution in [3.05, 3.63) is 40.7 Å². The van der Waals surface area contributed by atoms with Crippen LogP contribution >= 0.6 is 11.6 Å². The van der Waals surface area contributed by atoms with Crippen LogP contribution in [0.2, 0.25) is 5.02 Å².